The van der Waals surface area contributed by atoms with Crippen LogP contribution in [0.2, 0.25) is 0 Å². The quantitative estimate of drug-likeness (QED) is 0.567. The van der Waals surface area contributed by atoms with E-state index in [0.717, 1.165) is 30.4 Å². The average Bonchev–Trinajstić information content (AvgIpc) is 2.71. The van der Waals surface area contributed by atoms with Crippen molar-refractivity contribution in [3.8, 4) is 5.75 Å². The largest absolute Gasteiger partial charge is 0.487 e. The summed E-state index contributed by atoms with van der Waals surface area (Å²) < 4.78 is 11.3. The molecule has 6 nitrogen and oxygen atoms in total. The Morgan fingerprint density at radius 2 is 2.00 bits per heavy atom. The van der Waals surface area contributed by atoms with Crippen LogP contribution in [-0.2, 0) is 11.3 Å². The fourth-order valence-electron chi connectivity index (χ4n) is 2.61. The first-order valence-corrected chi connectivity index (χ1v) is 8.48. The molecule has 3 rings (SSSR count). The van der Waals surface area contributed by atoms with E-state index in [2.05, 4.69) is 33.2 Å². The number of benzene rings is 1. The molecule has 2 heterocycles. The number of rotatable bonds is 7. The molecule has 26 heavy (non-hydrogen) atoms. The van der Waals surface area contributed by atoms with Gasteiger partial charge in [-0.25, -0.2) is 9.97 Å². The zero-order valence-corrected chi connectivity index (χ0v) is 14.7. The van der Waals surface area contributed by atoms with Crippen LogP contribution in [0.25, 0.3) is 5.70 Å². The summed E-state index contributed by atoms with van der Waals surface area (Å²) in [6.45, 7) is 10.6. The summed E-state index contributed by atoms with van der Waals surface area (Å²) in [4.78, 5) is 15.4. The van der Waals surface area contributed by atoms with E-state index < -0.39 is 0 Å². The second-order valence-corrected chi connectivity index (χ2v) is 5.69. The van der Waals surface area contributed by atoms with Crippen molar-refractivity contribution >= 4 is 18.2 Å². The standard InChI is InChI=1S/C20H22N4O2/c1-3-7-18(21-2)20-22-16(15-26-17-8-5-4-6-9-17)14-19(23-20)24-10-12-25-13-11-24/h3-9,14H,1-2,10-13,15H2/b18-7-. The summed E-state index contributed by atoms with van der Waals surface area (Å²) in [5.41, 5.74) is 1.36. The van der Waals surface area contributed by atoms with Gasteiger partial charge < -0.3 is 14.4 Å². The van der Waals surface area contributed by atoms with Gasteiger partial charge in [0, 0.05) is 19.2 Å². The zero-order chi connectivity index (χ0) is 18.2. The van der Waals surface area contributed by atoms with Crippen LogP contribution >= 0.6 is 0 Å². The summed E-state index contributed by atoms with van der Waals surface area (Å²) >= 11 is 0. The third-order valence-electron chi connectivity index (χ3n) is 3.91. The minimum atomic E-state index is 0.343. The van der Waals surface area contributed by atoms with Crippen LogP contribution in [0, 0.1) is 0 Å². The van der Waals surface area contributed by atoms with Gasteiger partial charge in [0.1, 0.15) is 23.9 Å². The van der Waals surface area contributed by atoms with Crippen LogP contribution in [-0.4, -0.2) is 43.0 Å². The Bertz CT molecular complexity index is 784. The predicted octanol–water partition coefficient (Wildman–Crippen LogP) is 3.12. The van der Waals surface area contributed by atoms with Gasteiger partial charge in [-0.1, -0.05) is 30.9 Å². The lowest BCUT2D eigenvalue weighted by Crippen LogP contribution is -2.37. The number of hydrogen-bond acceptors (Lipinski definition) is 6. The predicted molar refractivity (Wildman–Crippen MR) is 104 cm³/mol. The number of nitrogens with zero attached hydrogens (tertiary/aromatic N) is 4. The van der Waals surface area contributed by atoms with Crippen molar-refractivity contribution in [1.29, 1.82) is 0 Å². The van der Waals surface area contributed by atoms with Crippen molar-refractivity contribution in [2.24, 2.45) is 4.99 Å². The van der Waals surface area contributed by atoms with Gasteiger partial charge in [0.15, 0.2) is 5.82 Å². The van der Waals surface area contributed by atoms with E-state index in [1.165, 1.54) is 0 Å². The molecule has 2 aromatic rings. The molecular formula is C20H22N4O2. The first kappa shape index (κ1) is 17.8. The Morgan fingerprint density at radius 1 is 1.23 bits per heavy atom. The molecule has 134 valence electrons. The van der Waals surface area contributed by atoms with Gasteiger partial charge in [-0.2, -0.15) is 0 Å². The van der Waals surface area contributed by atoms with E-state index in [9.17, 15) is 0 Å². The first-order chi connectivity index (χ1) is 12.8. The number of allylic oxidation sites excluding steroid dienone is 2. The number of ether oxygens (including phenoxy) is 2. The minimum Gasteiger partial charge on any atom is -0.487 e. The average molecular weight is 350 g/mol. The van der Waals surface area contributed by atoms with Gasteiger partial charge in [0.05, 0.1) is 18.9 Å². The highest BCUT2D eigenvalue weighted by Gasteiger charge is 2.16. The van der Waals surface area contributed by atoms with Gasteiger partial charge in [0.2, 0.25) is 0 Å². The highest BCUT2D eigenvalue weighted by Crippen LogP contribution is 2.20. The molecule has 0 spiro atoms. The van der Waals surface area contributed by atoms with E-state index in [4.69, 9.17) is 9.47 Å². The van der Waals surface area contributed by atoms with E-state index in [0.29, 0.717) is 31.3 Å². The Labute approximate surface area is 153 Å². The summed E-state index contributed by atoms with van der Waals surface area (Å²) in [6, 6.07) is 11.6. The summed E-state index contributed by atoms with van der Waals surface area (Å²) in [7, 11) is 0. The van der Waals surface area contributed by atoms with Crippen molar-refractivity contribution in [3.05, 3.63) is 66.6 Å². The maximum atomic E-state index is 5.84. The molecule has 1 saturated heterocycles. The number of aliphatic imine (C=N–C) groups is 1. The van der Waals surface area contributed by atoms with E-state index >= 15 is 0 Å². The number of para-hydroxylation sites is 1. The smallest absolute Gasteiger partial charge is 0.180 e. The van der Waals surface area contributed by atoms with Crippen LogP contribution in [0.15, 0.2) is 60.1 Å². The molecule has 0 aliphatic carbocycles. The van der Waals surface area contributed by atoms with Gasteiger partial charge in [-0.15, -0.1) is 0 Å². The van der Waals surface area contributed by atoms with Crippen molar-refractivity contribution in [2.75, 3.05) is 31.2 Å². The molecule has 0 amide bonds. The molecule has 0 N–H and O–H groups in total. The molecule has 1 aromatic carbocycles. The van der Waals surface area contributed by atoms with Crippen LogP contribution in [0.5, 0.6) is 5.75 Å². The molecule has 6 heteroatoms. The molecule has 1 aliphatic rings. The lowest BCUT2D eigenvalue weighted by atomic mass is 10.3. The molecule has 1 fully saturated rings. The SMILES string of the molecule is C=C/C=C(\N=C)c1nc(COc2ccccc2)cc(N2CCOCC2)n1. The van der Waals surface area contributed by atoms with E-state index in [-0.39, 0.29) is 0 Å². The van der Waals surface area contributed by atoms with Gasteiger partial charge in [-0.05, 0) is 24.9 Å². The van der Waals surface area contributed by atoms with Crippen LogP contribution < -0.4 is 9.64 Å². The Hall–Kier alpha value is -2.99. The fraction of sp³-hybridized carbons (Fsp3) is 0.250. The van der Waals surface area contributed by atoms with Gasteiger partial charge in [0.25, 0.3) is 0 Å². The molecule has 0 radical (unpaired) electrons. The van der Waals surface area contributed by atoms with Crippen molar-refractivity contribution in [1.82, 2.24) is 9.97 Å². The zero-order valence-electron chi connectivity index (χ0n) is 14.7. The number of aromatic nitrogens is 2. The Balaban J connectivity index is 1.89. The van der Waals surface area contributed by atoms with Gasteiger partial charge in [-0.3, -0.25) is 4.99 Å². The monoisotopic (exact) mass is 350 g/mol. The molecule has 0 bridgehead atoms. The maximum Gasteiger partial charge on any atom is 0.180 e. The number of morpholine rings is 1. The van der Waals surface area contributed by atoms with Crippen LogP contribution in [0.1, 0.15) is 11.5 Å². The normalized spacial score (nSPS) is 14.8. The maximum absolute atomic E-state index is 5.84. The first-order valence-electron chi connectivity index (χ1n) is 8.48. The highest BCUT2D eigenvalue weighted by atomic mass is 16.5. The molecule has 1 aromatic heterocycles. The second kappa shape index (κ2) is 8.92. The Kier molecular flexibility index (Phi) is 6.11. The molecule has 0 saturated carbocycles. The Morgan fingerprint density at radius 3 is 2.69 bits per heavy atom. The second-order valence-electron chi connectivity index (χ2n) is 5.69. The highest BCUT2D eigenvalue weighted by molar-refractivity contribution is 5.65. The summed E-state index contributed by atoms with van der Waals surface area (Å²) in [6.07, 6.45) is 3.39. The third kappa shape index (κ3) is 4.55. The van der Waals surface area contributed by atoms with Crippen molar-refractivity contribution in [2.45, 2.75) is 6.61 Å². The topological polar surface area (TPSA) is 59.8 Å². The summed E-state index contributed by atoms with van der Waals surface area (Å²) in [5.74, 6) is 2.14. The molecule has 0 unspecified atom stereocenters. The third-order valence-corrected chi connectivity index (χ3v) is 3.91. The lowest BCUT2D eigenvalue weighted by molar-refractivity contribution is 0.122. The van der Waals surface area contributed by atoms with Gasteiger partial charge >= 0.3 is 0 Å². The van der Waals surface area contributed by atoms with Crippen LogP contribution in [0.3, 0.4) is 0 Å². The summed E-state index contributed by atoms with van der Waals surface area (Å²) in [5, 5.41) is 0. The lowest BCUT2D eigenvalue weighted by Gasteiger charge is -2.28. The molecular weight excluding hydrogens is 328 g/mol. The number of hydrogen-bond donors (Lipinski definition) is 0. The fourth-order valence-corrected chi connectivity index (χ4v) is 2.61. The molecule has 0 atom stereocenters. The number of anilines is 1. The van der Waals surface area contributed by atoms with E-state index in [1.807, 2.05) is 36.4 Å². The molecule has 1 aliphatic heterocycles. The van der Waals surface area contributed by atoms with Crippen LogP contribution in [0.4, 0.5) is 5.82 Å². The minimum absolute atomic E-state index is 0.343. The van der Waals surface area contributed by atoms with E-state index in [1.54, 1.807) is 12.2 Å². The van der Waals surface area contributed by atoms with Crippen molar-refractivity contribution in [3.63, 3.8) is 0 Å². The van der Waals surface area contributed by atoms with Crippen molar-refractivity contribution < 1.29 is 9.47 Å².